The van der Waals surface area contributed by atoms with Crippen LogP contribution in [-0.2, 0) is 25.1 Å². The average Bonchev–Trinajstić information content (AvgIpc) is 3.35. The minimum atomic E-state index is -1.19. The third kappa shape index (κ3) is 4.67. The number of rotatable bonds is 7. The Morgan fingerprint density at radius 2 is 2.00 bits per heavy atom. The van der Waals surface area contributed by atoms with E-state index in [4.69, 9.17) is 4.74 Å². The Hall–Kier alpha value is -1.69. The predicted octanol–water partition coefficient (Wildman–Crippen LogP) is 1.25. The van der Waals surface area contributed by atoms with Crippen LogP contribution in [0.2, 0.25) is 0 Å². The third-order valence-corrected chi connectivity index (χ3v) is 4.75. The molecular formula is C15H19NO4S. The first-order valence-electron chi connectivity index (χ1n) is 6.93. The number of amides is 1. The highest BCUT2D eigenvalue weighted by molar-refractivity contribution is 7.85. The number of carbonyl (C=O) groups excluding carboxylic acids is 2. The maximum atomic E-state index is 12.1. The van der Waals surface area contributed by atoms with Gasteiger partial charge in [-0.3, -0.25) is 9.00 Å². The highest BCUT2D eigenvalue weighted by atomic mass is 32.2. The lowest BCUT2D eigenvalue weighted by atomic mass is 10.2. The van der Waals surface area contributed by atoms with Crippen LogP contribution in [0.3, 0.4) is 0 Å². The van der Waals surface area contributed by atoms with Crippen molar-refractivity contribution in [3.63, 3.8) is 0 Å². The van der Waals surface area contributed by atoms with E-state index in [1.54, 1.807) is 12.1 Å². The maximum absolute atomic E-state index is 12.1. The summed E-state index contributed by atoms with van der Waals surface area (Å²) in [4.78, 5) is 24.2. The fourth-order valence-corrected chi connectivity index (χ4v) is 3.09. The van der Waals surface area contributed by atoms with Crippen molar-refractivity contribution in [3.8, 4) is 0 Å². The highest BCUT2D eigenvalue weighted by Gasteiger charge is 2.33. The summed E-state index contributed by atoms with van der Waals surface area (Å²) >= 11 is 0. The summed E-state index contributed by atoms with van der Waals surface area (Å²) in [6, 6.07) is 8.34. The van der Waals surface area contributed by atoms with Crippen LogP contribution in [0.5, 0.6) is 0 Å². The van der Waals surface area contributed by atoms with Crippen molar-refractivity contribution < 1.29 is 18.5 Å². The topological polar surface area (TPSA) is 72.5 Å². The SMILES string of the molecule is COC(=O)[C@@H](CC[S@](=O)c1ccccc1)NC(=O)C1CC1. The predicted molar refractivity (Wildman–Crippen MR) is 79.0 cm³/mol. The molecule has 0 bridgehead atoms. The molecule has 2 rings (SSSR count). The van der Waals surface area contributed by atoms with E-state index in [0.29, 0.717) is 12.2 Å². The molecule has 1 saturated carbocycles. The largest absolute Gasteiger partial charge is 0.467 e. The van der Waals surface area contributed by atoms with Gasteiger partial charge in [-0.05, 0) is 31.4 Å². The van der Waals surface area contributed by atoms with E-state index in [0.717, 1.165) is 17.7 Å². The fraction of sp³-hybridized carbons (Fsp3) is 0.467. The lowest BCUT2D eigenvalue weighted by Crippen LogP contribution is -2.43. The van der Waals surface area contributed by atoms with E-state index in [-0.39, 0.29) is 11.8 Å². The molecule has 0 saturated heterocycles. The highest BCUT2D eigenvalue weighted by Crippen LogP contribution is 2.29. The van der Waals surface area contributed by atoms with E-state index in [2.05, 4.69) is 5.32 Å². The molecule has 0 heterocycles. The number of hydrogen-bond acceptors (Lipinski definition) is 4. The van der Waals surface area contributed by atoms with Crippen molar-refractivity contribution >= 4 is 22.7 Å². The van der Waals surface area contributed by atoms with E-state index < -0.39 is 22.8 Å². The van der Waals surface area contributed by atoms with Crippen molar-refractivity contribution in [1.82, 2.24) is 5.32 Å². The van der Waals surface area contributed by atoms with Crippen LogP contribution >= 0.6 is 0 Å². The quantitative estimate of drug-likeness (QED) is 0.770. The van der Waals surface area contributed by atoms with Crippen LogP contribution in [-0.4, -0.2) is 35.0 Å². The molecule has 21 heavy (non-hydrogen) atoms. The number of esters is 1. The molecule has 0 aromatic heterocycles. The Morgan fingerprint density at radius 1 is 1.33 bits per heavy atom. The van der Waals surface area contributed by atoms with Crippen LogP contribution in [0.15, 0.2) is 35.2 Å². The molecule has 0 radical (unpaired) electrons. The first-order chi connectivity index (χ1) is 10.1. The van der Waals surface area contributed by atoms with Crippen molar-refractivity contribution in [3.05, 3.63) is 30.3 Å². The summed E-state index contributed by atoms with van der Waals surface area (Å²) in [5.74, 6) is -0.281. The standard InChI is InChI=1S/C15H19NO4S/c1-20-15(18)13(16-14(17)11-7-8-11)9-10-21(19)12-5-3-2-4-6-12/h2-6,11,13H,7-10H2,1H3,(H,16,17)/t13-,21+/m1/s1. The summed E-state index contributed by atoms with van der Waals surface area (Å²) in [5, 5.41) is 2.69. The van der Waals surface area contributed by atoms with Gasteiger partial charge in [0.25, 0.3) is 0 Å². The van der Waals surface area contributed by atoms with Gasteiger partial charge in [-0.1, -0.05) is 18.2 Å². The molecule has 1 amide bonds. The van der Waals surface area contributed by atoms with Crippen molar-refractivity contribution in [2.45, 2.75) is 30.2 Å². The van der Waals surface area contributed by atoms with Gasteiger partial charge in [-0.15, -0.1) is 0 Å². The Labute approximate surface area is 126 Å². The van der Waals surface area contributed by atoms with Crippen molar-refractivity contribution in [1.29, 1.82) is 0 Å². The summed E-state index contributed by atoms with van der Waals surface area (Å²) < 4.78 is 16.8. The molecule has 1 aliphatic carbocycles. The molecule has 1 aromatic carbocycles. The van der Waals surface area contributed by atoms with Crippen molar-refractivity contribution in [2.75, 3.05) is 12.9 Å². The molecule has 1 fully saturated rings. The summed E-state index contributed by atoms with van der Waals surface area (Å²) in [5.41, 5.74) is 0. The van der Waals surface area contributed by atoms with Gasteiger partial charge in [-0.2, -0.15) is 0 Å². The Bertz CT molecular complexity index is 528. The third-order valence-electron chi connectivity index (χ3n) is 3.35. The Balaban J connectivity index is 1.90. The van der Waals surface area contributed by atoms with Crippen LogP contribution < -0.4 is 5.32 Å². The normalized spacial score (nSPS) is 16.8. The minimum Gasteiger partial charge on any atom is -0.467 e. The maximum Gasteiger partial charge on any atom is 0.328 e. The van der Waals surface area contributed by atoms with Crippen LogP contribution in [0.25, 0.3) is 0 Å². The number of carbonyl (C=O) groups is 2. The van der Waals surface area contributed by atoms with Crippen LogP contribution in [0, 0.1) is 5.92 Å². The number of benzene rings is 1. The van der Waals surface area contributed by atoms with Crippen LogP contribution in [0.1, 0.15) is 19.3 Å². The van der Waals surface area contributed by atoms with Gasteiger partial charge in [0.1, 0.15) is 6.04 Å². The van der Waals surface area contributed by atoms with Gasteiger partial charge in [-0.25, -0.2) is 4.79 Å². The van der Waals surface area contributed by atoms with Gasteiger partial charge in [0.2, 0.25) is 5.91 Å². The first kappa shape index (κ1) is 15.7. The second kappa shape index (κ2) is 7.36. The molecule has 0 aliphatic heterocycles. The van der Waals surface area contributed by atoms with Crippen LogP contribution in [0.4, 0.5) is 0 Å². The second-order valence-electron chi connectivity index (χ2n) is 5.01. The monoisotopic (exact) mass is 309 g/mol. The van der Waals surface area contributed by atoms with Gasteiger partial charge in [0, 0.05) is 16.6 Å². The zero-order chi connectivity index (χ0) is 15.2. The Kier molecular flexibility index (Phi) is 5.50. The molecule has 114 valence electrons. The molecule has 0 unspecified atom stereocenters. The molecule has 1 aromatic rings. The number of methoxy groups -OCH3 is 1. The number of hydrogen-bond donors (Lipinski definition) is 1. The lowest BCUT2D eigenvalue weighted by Gasteiger charge is -2.16. The molecule has 5 nitrogen and oxygen atoms in total. The molecule has 1 N–H and O–H groups in total. The second-order valence-corrected chi connectivity index (χ2v) is 6.58. The Morgan fingerprint density at radius 3 is 2.57 bits per heavy atom. The molecular weight excluding hydrogens is 290 g/mol. The number of ether oxygens (including phenoxy) is 1. The van der Waals surface area contributed by atoms with Crippen molar-refractivity contribution in [2.24, 2.45) is 5.92 Å². The minimum absolute atomic E-state index is 0.0248. The van der Waals surface area contributed by atoms with Gasteiger partial charge in [0.05, 0.1) is 17.9 Å². The van der Waals surface area contributed by atoms with E-state index in [1.807, 2.05) is 18.2 Å². The van der Waals surface area contributed by atoms with E-state index >= 15 is 0 Å². The van der Waals surface area contributed by atoms with E-state index in [1.165, 1.54) is 7.11 Å². The number of nitrogens with one attached hydrogen (secondary N) is 1. The van der Waals surface area contributed by atoms with E-state index in [9.17, 15) is 13.8 Å². The smallest absolute Gasteiger partial charge is 0.328 e. The van der Waals surface area contributed by atoms with Gasteiger partial charge >= 0.3 is 5.97 Å². The zero-order valence-electron chi connectivity index (χ0n) is 11.9. The molecule has 6 heteroatoms. The average molecular weight is 309 g/mol. The summed E-state index contributed by atoms with van der Waals surface area (Å²) in [6.07, 6.45) is 2.04. The van der Waals surface area contributed by atoms with Gasteiger partial charge < -0.3 is 10.1 Å². The molecule has 1 aliphatic rings. The van der Waals surface area contributed by atoms with Gasteiger partial charge in [0.15, 0.2) is 0 Å². The molecule has 0 spiro atoms. The summed E-state index contributed by atoms with van der Waals surface area (Å²) in [7, 11) is 0.0930. The zero-order valence-corrected chi connectivity index (χ0v) is 12.7. The first-order valence-corrected chi connectivity index (χ1v) is 8.25. The fourth-order valence-electron chi connectivity index (χ4n) is 1.94. The molecule has 2 atom stereocenters. The lowest BCUT2D eigenvalue weighted by molar-refractivity contribution is -0.145. The summed E-state index contributed by atoms with van der Waals surface area (Å²) in [6.45, 7) is 0.